The second-order valence-electron chi connectivity index (χ2n) is 10.9. The summed E-state index contributed by atoms with van der Waals surface area (Å²) >= 11 is 5.87. The van der Waals surface area contributed by atoms with Crippen LogP contribution in [-0.4, -0.2) is 66.3 Å². The highest BCUT2D eigenvalue weighted by Crippen LogP contribution is 2.31. The van der Waals surface area contributed by atoms with Gasteiger partial charge in [-0.25, -0.2) is 19.2 Å². The molecule has 11 nitrogen and oxygen atoms in total. The summed E-state index contributed by atoms with van der Waals surface area (Å²) in [6, 6.07) is 11.1. The van der Waals surface area contributed by atoms with E-state index in [1.54, 1.807) is 43.5 Å². The van der Waals surface area contributed by atoms with E-state index in [1.807, 2.05) is 27.8 Å². The molecule has 13 heteroatoms. The van der Waals surface area contributed by atoms with Gasteiger partial charge in [0.05, 0.1) is 17.8 Å². The lowest BCUT2D eigenvalue weighted by atomic mass is 10.2. The topological polar surface area (TPSA) is 130 Å². The van der Waals surface area contributed by atoms with E-state index in [4.69, 9.17) is 21.1 Å². The smallest absolute Gasteiger partial charge is 0.407 e. The standard InChI is InChI=1S/C31H39ClFN7O4/c1-31(2,3)44-30(42)34-14-6-7-15-40(4)16-8-9-29(41)38-22-11-13-26(43-5)25(18-22)39-28-19-27(35-20-36-28)37-21-10-12-24(33)23(32)17-21/h8-13,17-20H,6-7,14-16H2,1-5H3,(H,34,42)(H,38,41)(H2,35,36,37,39)/b9-8+. The van der Waals surface area contributed by atoms with Crippen molar-refractivity contribution in [2.45, 2.75) is 39.2 Å². The molecule has 1 heterocycles. The van der Waals surface area contributed by atoms with E-state index in [2.05, 4.69) is 36.1 Å². The van der Waals surface area contributed by atoms with Gasteiger partial charge in [0.2, 0.25) is 5.91 Å². The number of benzene rings is 2. The van der Waals surface area contributed by atoms with Crippen LogP contribution < -0.4 is 26.0 Å². The van der Waals surface area contributed by atoms with Crippen molar-refractivity contribution < 1.29 is 23.5 Å². The summed E-state index contributed by atoms with van der Waals surface area (Å²) in [6.07, 6.45) is 5.94. The van der Waals surface area contributed by atoms with Crippen LogP contribution in [0.4, 0.5) is 37.9 Å². The Hall–Kier alpha value is -4.42. The van der Waals surface area contributed by atoms with Gasteiger partial charge < -0.3 is 35.6 Å². The van der Waals surface area contributed by atoms with Gasteiger partial charge >= 0.3 is 6.09 Å². The largest absolute Gasteiger partial charge is 0.495 e. The predicted molar refractivity (Wildman–Crippen MR) is 172 cm³/mol. The molecule has 2 amide bonds. The Kier molecular flexibility index (Phi) is 12.7. The van der Waals surface area contributed by atoms with E-state index in [-0.39, 0.29) is 10.9 Å². The van der Waals surface area contributed by atoms with Crippen molar-refractivity contribution in [2.24, 2.45) is 0 Å². The molecule has 3 rings (SSSR count). The molecule has 0 saturated carbocycles. The Morgan fingerprint density at radius 1 is 1.02 bits per heavy atom. The summed E-state index contributed by atoms with van der Waals surface area (Å²) in [7, 11) is 3.51. The maximum absolute atomic E-state index is 13.5. The number of carbonyl (C=O) groups is 2. The number of methoxy groups -OCH3 is 1. The third kappa shape index (κ3) is 12.1. The number of amides is 2. The average Bonchev–Trinajstić information content (AvgIpc) is 2.94. The highest BCUT2D eigenvalue weighted by Gasteiger charge is 2.15. The van der Waals surface area contributed by atoms with Gasteiger partial charge in [-0.2, -0.15) is 0 Å². The van der Waals surface area contributed by atoms with Crippen molar-refractivity contribution in [2.75, 3.05) is 49.7 Å². The number of aromatic nitrogens is 2. The summed E-state index contributed by atoms with van der Waals surface area (Å²) < 4.78 is 24.2. The van der Waals surface area contributed by atoms with Gasteiger partial charge in [0.15, 0.2) is 0 Å². The van der Waals surface area contributed by atoms with E-state index < -0.39 is 17.5 Å². The molecule has 0 radical (unpaired) electrons. The fourth-order valence-electron chi connectivity index (χ4n) is 3.86. The third-order valence-corrected chi connectivity index (χ3v) is 6.20. The zero-order valence-corrected chi connectivity index (χ0v) is 26.3. The van der Waals surface area contributed by atoms with Gasteiger partial charge in [-0.15, -0.1) is 0 Å². The fourth-order valence-corrected chi connectivity index (χ4v) is 4.04. The molecule has 236 valence electrons. The van der Waals surface area contributed by atoms with E-state index >= 15 is 0 Å². The zero-order valence-electron chi connectivity index (χ0n) is 25.5. The molecule has 0 aliphatic rings. The molecule has 0 fully saturated rings. The summed E-state index contributed by atoms with van der Waals surface area (Å²) in [5.74, 6) is 0.673. The van der Waals surface area contributed by atoms with Gasteiger partial charge in [0.25, 0.3) is 0 Å². The number of hydrogen-bond acceptors (Lipinski definition) is 9. The van der Waals surface area contributed by atoms with Crippen molar-refractivity contribution in [3.63, 3.8) is 0 Å². The van der Waals surface area contributed by atoms with Crippen molar-refractivity contribution >= 4 is 52.3 Å². The van der Waals surface area contributed by atoms with Crippen LogP contribution in [-0.2, 0) is 9.53 Å². The highest BCUT2D eigenvalue weighted by atomic mass is 35.5. The lowest BCUT2D eigenvalue weighted by Crippen LogP contribution is -2.33. The number of nitrogens with one attached hydrogen (secondary N) is 4. The van der Waals surface area contributed by atoms with E-state index in [1.165, 1.54) is 24.5 Å². The number of likely N-dealkylation sites (N-methyl/N-ethyl adjacent to an activating group) is 1. The van der Waals surface area contributed by atoms with Crippen LogP contribution in [0.1, 0.15) is 33.6 Å². The Morgan fingerprint density at radius 2 is 1.75 bits per heavy atom. The fraction of sp³-hybridized carbons (Fsp3) is 0.355. The minimum atomic E-state index is -0.514. The molecular formula is C31H39ClFN7O4. The SMILES string of the molecule is COc1ccc(NC(=O)/C=C/CN(C)CCCCNC(=O)OC(C)(C)C)cc1Nc1cc(Nc2ccc(F)c(Cl)c2)ncn1. The van der Waals surface area contributed by atoms with Crippen LogP contribution in [0, 0.1) is 5.82 Å². The number of rotatable bonds is 14. The summed E-state index contributed by atoms with van der Waals surface area (Å²) in [5.41, 5.74) is 1.18. The number of carbonyl (C=O) groups excluding carboxylic acids is 2. The van der Waals surface area contributed by atoms with E-state index in [0.29, 0.717) is 47.5 Å². The van der Waals surface area contributed by atoms with E-state index in [0.717, 1.165) is 19.4 Å². The maximum atomic E-state index is 13.5. The normalized spacial score (nSPS) is 11.4. The van der Waals surface area contributed by atoms with Crippen LogP contribution in [0.5, 0.6) is 5.75 Å². The first-order valence-corrected chi connectivity index (χ1v) is 14.4. The molecule has 3 aromatic rings. The van der Waals surface area contributed by atoms with Gasteiger partial charge in [-0.3, -0.25) is 4.79 Å². The minimum Gasteiger partial charge on any atom is -0.495 e. The summed E-state index contributed by atoms with van der Waals surface area (Å²) in [5, 5.41) is 11.8. The zero-order chi connectivity index (χ0) is 32.1. The molecule has 0 aliphatic heterocycles. The second kappa shape index (κ2) is 16.4. The van der Waals surface area contributed by atoms with Gasteiger partial charge in [0.1, 0.15) is 35.1 Å². The molecule has 0 spiro atoms. The van der Waals surface area contributed by atoms with Gasteiger partial charge in [-0.05, 0) is 83.6 Å². The Morgan fingerprint density at radius 3 is 2.45 bits per heavy atom. The molecule has 0 atom stereocenters. The molecule has 44 heavy (non-hydrogen) atoms. The number of nitrogens with zero attached hydrogens (tertiary/aromatic N) is 3. The van der Waals surface area contributed by atoms with Crippen molar-refractivity contribution in [1.29, 1.82) is 0 Å². The number of anilines is 5. The Labute approximate surface area is 262 Å². The number of halogens is 2. The first-order chi connectivity index (χ1) is 20.9. The monoisotopic (exact) mass is 627 g/mol. The van der Waals surface area contributed by atoms with Crippen molar-refractivity contribution in [3.8, 4) is 5.75 Å². The molecular weight excluding hydrogens is 589 g/mol. The maximum Gasteiger partial charge on any atom is 0.407 e. The summed E-state index contributed by atoms with van der Waals surface area (Å²) in [4.78, 5) is 34.8. The van der Waals surface area contributed by atoms with Gasteiger partial charge in [0, 0.05) is 36.6 Å². The number of alkyl carbamates (subject to hydrolysis) is 1. The molecule has 0 aliphatic carbocycles. The molecule has 4 N–H and O–H groups in total. The quantitative estimate of drug-likeness (QED) is 0.117. The number of unbranched alkanes of at least 4 members (excludes halogenated alkanes) is 1. The van der Waals surface area contributed by atoms with Crippen molar-refractivity contribution in [3.05, 3.63) is 71.8 Å². The lowest BCUT2D eigenvalue weighted by Gasteiger charge is -2.19. The van der Waals surface area contributed by atoms with Crippen LogP contribution >= 0.6 is 11.6 Å². The molecule has 1 aromatic heterocycles. The van der Waals surface area contributed by atoms with Gasteiger partial charge in [-0.1, -0.05) is 17.7 Å². The van der Waals surface area contributed by atoms with E-state index in [9.17, 15) is 14.0 Å². The highest BCUT2D eigenvalue weighted by molar-refractivity contribution is 6.31. The minimum absolute atomic E-state index is 0.00517. The first-order valence-electron chi connectivity index (χ1n) is 14.0. The lowest BCUT2D eigenvalue weighted by molar-refractivity contribution is -0.111. The third-order valence-electron chi connectivity index (χ3n) is 5.91. The average molecular weight is 628 g/mol. The molecule has 2 aromatic carbocycles. The Balaban J connectivity index is 1.48. The Bertz CT molecular complexity index is 1450. The summed E-state index contributed by atoms with van der Waals surface area (Å²) in [6.45, 7) is 7.43. The number of ether oxygens (including phenoxy) is 2. The predicted octanol–water partition coefficient (Wildman–Crippen LogP) is 6.50. The van der Waals surface area contributed by atoms with Crippen LogP contribution in [0.15, 0.2) is 60.9 Å². The van der Waals surface area contributed by atoms with Crippen LogP contribution in [0.25, 0.3) is 0 Å². The molecule has 0 bridgehead atoms. The molecule has 0 unspecified atom stereocenters. The first kappa shape index (κ1) is 34.1. The van der Waals surface area contributed by atoms with Crippen LogP contribution in [0.3, 0.4) is 0 Å². The van der Waals surface area contributed by atoms with Crippen LogP contribution in [0.2, 0.25) is 5.02 Å². The number of hydrogen-bond donors (Lipinski definition) is 4. The second-order valence-corrected chi connectivity index (χ2v) is 11.3. The van der Waals surface area contributed by atoms with Crippen molar-refractivity contribution in [1.82, 2.24) is 20.2 Å². The molecule has 0 saturated heterocycles.